The summed E-state index contributed by atoms with van der Waals surface area (Å²) in [7, 11) is 0. The van der Waals surface area contributed by atoms with Crippen LogP contribution in [0.3, 0.4) is 0 Å². The average Bonchev–Trinajstić information content (AvgIpc) is 2.65. The smallest absolute Gasteiger partial charge is 0.261 e. The minimum absolute atomic E-state index is 0.150. The Morgan fingerprint density at radius 1 is 1.19 bits per heavy atom. The number of carbonyl (C=O) groups excluding carboxylic acids is 2. The molecule has 3 rings (SSSR count). The monoisotopic (exact) mass is 383 g/mol. The van der Waals surface area contributed by atoms with Crippen molar-refractivity contribution < 1.29 is 9.59 Å². The van der Waals surface area contributed by atoms with Gasteiger partial charge in [-0.15, -0.1) is 0 Å². The van der Waals surface area contributed by atoms with Gasteiger partial charge >= 0.3 is 0 Å². The van der Waals surface area contributed by atoms with Gasteiger partial charge in [-0.2, -0.15) is 0 Å². The van der Waals surface area contributed by atoms with E-state index in [0.29, 0.717) is 22.3 Å². The molecule has 1 N–H and O–H groups in total. The van der Waals surface area contributed by atoms with Crippen molar-refractivity contribution in [3.05, 3.63) is 75.8 Å². The van der Waals surface area contributed by atoms with Crippen molar-refractivity contribution in [2.75, 3.05) is 0 Å². The Bertz CT molecular complexity index is 1050. The molecule has 6 nitrogen and oxygen atoms in total. The van der Waals surface area contributed by atoms with Crippen LogP contribution in [0.1, 0.15) is 12.5 Å². The van der Waals surface area contributed by atoms with Gasteiger partial charge in [-0.25, -0.2) is 4.98 Å². The number of benzene rings is 2. The van der Waals surface area contributed by atoms with Gasteiger partial charge in [0.05, 0.1) is 23.3 Å². The second kappa shape index (κ2) is 8.14. The first kappa shape index (κ1) is 18.8. The molecule has 1 atom stereocenters. The zero-order chi connectivity index (χ0) is 19.4. The van der Waals surface area contributed by atoms with Crippen molar-refractivity contribution in [3.8, 4) is 0 Å². The molecule has 1 amide bonds. The van der Waals surface area contributed by atoms with Gasteiger partial charge in [0.2, 0.25) is 5.91 Å². The normalized spacial score (nSPS) is 11.9. The van der Waals surface area contributed by atoms with Gasteiger partial charge in [0.1, 0.15) is 6.54 Å². The number of nitrogens with zero attached hydrogens (tertiary/aromatic N) is 2. The molecule has 0 saturated heterocycles. The summed E-state index contributed by atoms with van der Waals surface area (Å²) in [5.74, 6) is -0.584. The molecular weight excluding hydrogens is 366 g/mol. The van der Waals surface area contributed by atoms with Crippen LogP contribution in [0.15, 0.2) is 59.7 Å². The van der Waals surface area contributed by atoms with Gasteiger partial charge in [0.15, 0.2) is 5.78 Å². The van der Waals surface area contributed by atoms with Crippen molar-refractivity contribution in [3.63, 3.8) is 0 Å². The molecule has 2 aromatic carbocycles. The summed E-state index contributed by atoms with van der Waals surface area (Å²) in [6.07, 6.45) is 1.71. The third-order valence-electron chi connectivity index (χ3n) is 4.21. The number of Topliss-reactive ketones (excluding diaryl/α,β-unsaturated/α-hetero) is 1. The van der Waals surface area contributed by atoms with E-state index >= 15 is 0 Å². The van der Waals surface area contributed by atoms with E-state index in [4.69, 9.17) is 11.6 Å². The van der Waals surface area contributed by atoms with Crippen LogP contribution in [0.2, 0.25) is 5.02 Å². The molecule has 0 radical (unpaired) electrons. The lowest BCUT2D eigenvalue weighted by atomic mass is 10.0. The third-order valence-corrected chi connectivity index (χ3v) is 4.44. The highest BCUT2D eigenvalue weighted by atomic mass is 35.5. The molecule has 1 aromatic heterocycles. The predicted molar refractivity (Wildman–Crippen MR) is 104 cm³/mol. The minimum atomic E-state index is -0.654. The van der Waals surface area contributed by atoms with E-state index in [2.05, 4.69) is 10.3 Å². The molecule has 0 bridgehead atoms. The van der Waals surface area contributed by atoms with E-state index in [9.17, 15) is 14.4 Å². The molecule has 27 heavy (non-hydrogen) atoms. The Morgan fingerprint density at radius 3 is 2.63 bits per heavy atom. The number of aromatic nitrogens is 2. The maximum Gasteiger partial charge on any atom is 0.261 e. The van der Waals surface area contributed by atoms with Gasteiger partial charge in [0, 0.05) is 5.02 Å². The molecule has 0 aliphatic rings. The van der Waals surface area contributed by atoms with E-state index in [1.807, 2.05) is 30.3 Å². The summed E-state index contributed by atoms with van der Waals surface area (Å²) in [6.45, 7) is 1.20. The molecule has 138 valence electrons. The maximum atomic E-state index is 12.5. The quantitative estimate of drug-likeness (QED) is 0.708. The van der Waals surface area contributed by atoms with Crippen LogP contribution >= 0.6 is 11.6 Å². The number of hydrogen-bond acceptors (Lipinski definition) is 4. The fourth-order valence-corrected chi connectivity index (χ4v) is 2.96. The van der Waals surface area contributed by atoms with Crippen molar-refractivity contribution in [1.82, 2.24) is 14.9 Å². The largest absolute Gasteiger partial charge is 0.344 e. The second-order valence-electron chi connectivity index (χ2n) is 6.26. The lowest BCUT2D eigenvalue weighted by Crippen LogP contribution is -2.43. The lowest BCUT2D eigenvalue weighted by Gasteiger charge is -2.16. The molecule has 0 aliphatic carbocycles. The van der Waals surface area contributed by atoms with Crippen LogP contribution in [-0.2, 0) is 22.6 Å². The highest BCUT2D eigenvalue weighted by Gasteiger charge is 2.18. The fraction of sp³-hybridized carbons (Fsp3) is 0.200. The molecule has 0 unspecified atom stereocenters. The Balaban J connectivity index is 1.76. The molecule has 0 spiro atoms. The van der Waals surface area contributed by atoms with Gasteiger partial charge in [-0.05, 0) is 37.1 Å². The molecule has 0 saturated carbocycles. The summed E-state index contributed by atoms with van der Waals surface area (Å²) >= 11 is 5.94. The Morgan fingerprint density at radius 2 is 1.93 bits per heavy atom. The number of carbonyl (C=O) groups is 2. The summed E-state index contributed by atoms with van der Waals surface area (Å²) < 4.78 is 1.20. The van der Waals surface area contributed by atoms with Gasteiger partial charge in [-0.1, -0.05) is 41.9 Å². The zero-order valence-electron chi connectivity index (χ0n) is 14.7. The molecular formula is C20H18ClN3O3. The summed E-state index contributed by atoms with van der Waals surface area (Å²) in [6, 6.07) is 13.6. The first-order chi connectivity index (χ1) is 12.9. The number of ketones is 1. The van der Waals surface area contributed by atoms with Crippen LogP contribution in [0.25, 0.3) is 10.9 Å². The summed E-state index contributed by atoms with van der Waals surface area (Å²) in [4.78, 5) is 41.0. The van der Waals surface area contributed by atoms with E-state index in [-0.39, 0.29) is 17.9 Å². The van der Waals surface area contributed by atoms with Crippen molar-refractivity contribution in [2.45, 2.75) is 25.9 Å². The minimum Gasteiger partial charge on any atom is -0.344 e. The standard InChI is InChI=1S/C20H18ClN3O3/c1-13(25)18(9-14-5-3-2-4-6-14)23-19(26)11-24-12-22-17-8-7-15(21)10-16(17)20(24)27/h2-8,10,12,18H,9,11H2,1H3,(H,23,26)/t18-/m0/s1. The van der Waals surface area contributed by atoms with Gasteiger partial charge < -0.3 is 5.32 Å². The number of hydrogen-bond donors (Lipinski definition) is 1. The number of amides is 1. The number of rotatable bonds is 6. The zero-order valence-corrected chi connectivity index (χ0v) is 15.4. The van der Waals surface area contributed by atoms with Crippen LogP contribution in [0.5, 0.6) is 0 Å². The highest BCUT2D eigenvalue weighted by Crippen LogP contribution is 2.14. The highest BCUT2D eigenvalue weighted by molar-refractivity contribution is 6.31. The molecule has 1 heterocycles. The number of fused-ring (bicyclic) bond motifs is 1. The first-order valence-corrected chi connectivity index (χ1v) is 8.80. The Labute approximate surface area is 160 Å². The molecule has 0 fully saturated rings. The topological polar surface area (TPSA) is 81.1 Å². The van der Waals surface area contributed by atoms with E-state index in [0.717, 1.165) is 5.56 Å². The number of nitrogens with one attached hydrogen (secondary N) is 1. The second-order valence-corrected chi connectivity index (χ2v) is 6.70. The molecule has 0 aliphatic heterocycles. The van der Waals surface area contributed by atoms with E-state index in [1.165, 1.54) is 23.9 Å². The molecule has 3 aromatic rings. The van der Waals surface area contributed by atoms with Crippen LogP contribution in [0.4, 0.5) is 0 Å². The molecule has 7 heteroatoms. The van der Waals surface area contributed by atoms with E-state index in [1.54, 1.807) is 12.1 Å². The predicted octanol–water partition coefficient (Wildman–Crippen LogP) is 2.37. The average molecular weight is 384 g/mol. The lowest BCUT2D eigenvalue weighted by molar-refractivity contribution is -0.127. The van der Waals surface area contributed by atoms with Crippen molar-refractivity contribution in [2.24, 2.45) is 0 Å². The van der Waals surface area contributed by atoms with Gasteiger partial charge in [-0.3, -0.25) is 19.0 Å². The maximum absolute atomic E-state index is 12.5. The third kappa shape index (κ3) is 4.60. The fourth-order valence-electron chi connectivity index (χ4n) is 2.78. The first-order valence-electron chi connectivity index (χ1n) is 8.42. The summed E-state index contributed by atoms with van der Waals surface area (Å²) in [5.41, 5.74) is 1.09. The van der Waals surface area contributed by atoms with Crippen LogP contribution in [-0.4, -0.2) is 27.3 Å². The SMILES string of the molecule is CC(=O)[C@H](Cc1ccccc1)NC(=O)Cn1cnc2ccc(Cl)cc2c1=O. The number of halogens is 1. The summed E-state index contributed by atoms with van der Waals surface area (Å²) in [5, 5.41) is 3.46. The van der Waals surface area contributed by atoms with Crippen molar-refractivity contribution in [1.29, 1.82) is 0 Å². The van der Waals surface area contributed by atoms with Crippen LogP contribution < -0.4 is 10.9 Å². The van der Waals surface area contributed by atoms with E-state index < -0.39 is 11.9 Å². The van der Waals surface area contributed by atoms with Gasteiger partial charge in [0.25, 0.3) is 5.56 Å². The van der Waals surface area contributed by atoms with Crippen molar-refractivity contribution >= 4 is 34.2 Å². The van der Waals surface area contributed by atoms with Crippen LogP contribution in [0, 0.1) is 0 Å². The Kier molecular flexibility index (Phi) is 5.66. The Hall–Kier alpha value is -2.99.